The fourth-order valence-electron chi connectivity index (χ4n) is 1.72. The summed E-state index contributed by atoms with van der Waals surface area (Å²) in [6, 6.07) is 8.74. The van der Waals surface area contributed by atoms with Crippen molar-refractivity contribution in [3.8, 4) is 11.5 Å². The molecule has 0 bridgehead atoms. The smallest absolute Gasteiger partial charge is 0.271 e. The van der Waals surface area contributed by atoms with E-state index in [1.807, 2.05) is 0 Å². The molecule has 110 valence electrons. The number of nitro groups is 1. The molecule has 1 N–H and O–H groups in total. The number of benzene rings is 2. The number of hydrogen-bond donors (Lipinski definition) is 1. The summed E-state index contributed by atoms with van der Waals surface area (Å²) in [5.74, 6) is 0.697. The van der Waals surface area contributed by atoms with Crippen LogP contribution in [0.2, 0.25) is 10.0 Å². The van der Waals surface area contributed by atoms with Gasteiger partial charge in [-0.1, -0.05) is 29.3 Å². The number of nitrogens with zero attached hydrogens (tertiary/aromatic N) is 1. The summed E-state index contributed by atoms with van der Waals surface area (Å²) >= 11 is 12.0. The Morgan fingerprint density at radius 3 is 2.43 bits per heavy atom. The lowest BCUT2D eigenvalue weighted by atomic mass is 10.1. The molecule has 0 aromatic heterocycles. The Hall–Kier alpha value is -1.82. The number of ether oxygens (including phenoxy) is 1. The number of nitro benzene ring substituents is 1. The molecule has 0 radical (unpaired) electrons. The van der Waals surface area contributed by atoms with Crippen molar-refractivity contribution >= 4 is 28.9 Å². The molecule has 2 aromatic carbocycles. The second-order valence-corrected chi connectivity index (χ2v) is 5.15. The summed E-state index contributed by atoms with van der Waals surface area (Å²) in [6.07, 6.45) is -0.686. The number of halogens is 2. The third-order valence-electron chi connectivity index (χ3n) is 2.78. The Morgan fingerprint density at radius 1 is 1.19 bits per heavy atom. The lowest BCUT2D eigenvalue weighted by Crippen LogP contribution is -1.93. The van der Waals surface area contributed by atoms with Crippen LogP contribution in [-0.4, -0.2) is 10.0 Å². The lowest BCUT2D eigenvalue weighted by Gasteiger charge is -2.11. The number of hydrogen-bond acceptors (Lipinski definition) is 4. The molecule has 7 heteroatoms. The van der Waals surface area contributed by atoms with Crippen molar-refractivity contribution in [2.45, 2.75) is 13.0 Å². The van der Waals surface area contributed by atoms with Crippen LogP contribution < -0.4 is 4.74 Å². The highest BCUT2D eigenvalue weighted by molar-refractivity contribution is 6.32. The van der Waals surface area contributed by atoms with Gasteiger partial charge >= 0.3 is 0 Å². The normalized spacial score (nSPS) is 12.0. The fourth-order valence-corrected chi connectivity index (χ4v) is 2.27. The van der Waals surface area contributed by atoms with Crippen molar-refractivity contribution < 1.29 is 14.8 Å². The first-order chi connectivity index (χ1) is 9.88. The van der Waals surface area contributed by atoms with Gasteiger partial charge < -0.3 is 9.84 Å². The zero-order valence-corrected chi connectivity index (χ0v) is 12.4. The van der Waals surface area contributed by atoms with Crippen LogP contribution in [0.3, 0.4) is 0 Å². The van der Waals surface area contributed by atoms with E-state index in [1.165, 1.54) is 18.2 Å². The molecule has 5 nitrogen and oxygen atoms in total. The zero-order valence-electron chi connectivity index (χ0n) is 10.9. The molecule has 0 heterocycles. The van der Waals surface area contributed by atoms with Crippen molar-refractivity contribution in [2.75, 3.05) is 0 Å². The summed E-state index contributed by atoms with van der Waals surface area (Å²) in [4.78, 5) is 10.1. The van der Waals surface area contributed by atoms with Gasteiger partial charge in [-0.3, -0.25) is 10.1 Å². The molecule has 0 aliphatic heterocycles. The predicted octanol–water partition coefficient (Wildman–Crippen LogP) is 4.75. The van der Waals surface area contributed by atoms with E-state index in [9.17, 15) is 15.2 Å². The van der Waals surface area contributed by atoms with Gasteiger partial charge in [-0.05, 0) is 30.7 Å². The summed E-state index contributed by atoms with van der Waals surface area (Å²) in [5.41, 5.74) is 0.466. The van der Waals surface area contributed by atoms with Crippen LogP contribution in [0.4, 0.5) is 5.69 Å². The van der Waals surface area contributed by atoms with E-state index in [4.69, 9.17) is 27.9 Å². The molecular weight excluding hydrogens is 317 g/mol. The monoisotopic (exact) mass is 327 g/mol. The Morgan fingerprint density at radius 2 is 1.90 bits per heavy atom. The molecule has 0 fully saturated rings. The molecule has 1 unspecified atom stereocenters. The minimum absolute atomic E-state index is 0.116. The van der Waals surface area contributed by atoms with Gasteiger partial charge in [0.25, 0.3) is 5.69 Å². The molecule has 21 heavy (non-hydrogen) atoms. The standard InChI is InChI=1S/C14H11Cl2NO4/c1-8(18)11-4-3-10(7-12(11)15)21-14-5-2-9(17(19)20)6-13(14)16/h2-8,18H,1H3. The van der Waals surface area contributed by atoms with E-state index < -0.39 is 11.0 Å². The Balaban J connectivity index is 2.26. The highest BCUT2D eigenvalue weighted by Crippen LogP contribution is 2.34. The van der Waals surface area contributed by atoms with Gasteiger partial charge in [0, 0.05) is 12.1 Å². The largest absolute Gasteiger partial charge is 0.456 e. The van der Waals surface area contributed by atoms with Gasteiger partial charge in [0.1, 0.15) is 11.5 Å². The third kappa shape index (κ3) is 3.64. The first-order valence-corrected chi connectivity index (χ1v) is 6.73. The van der Waals surface area contributed by atoms with Crippen molar-refractivity contribution in [3.63, 3.8) is 0 Å². The Bertz CT molecular complexity index is 689. The maximum absolute atomic E-state index is 10.6. The van der Waals surface area contributed by atoms with Crippen molar-refractivity contribution in [2.24, 2.45) is 0 Å². The quantitative estimate of drug-likeness (QED) is 0.649. The summed E-state index contributed by atoms with van der Waals surface area (Å²) in [7, 11) is 0. The first kappa shape index (κ1) is 15.6. The highest BCUT2D eigenvalue weighted by atomic mass is 35.5. The van der Waals surface area contributed by atoms with Crippen molar-refractivity contribution in [1.82, 2.24) is 0 Å². The van der Waals surface area contributed by atoms with Gasteiger partial charge in [0.05, 0.1) is 21.1 Å². The molecule has 0 spiro atoms. The van der Waals surface area contributed by atoms with E-state index in [0.717, 1.165) is 0 Å². The van der Waals surface area contributed by atoms with Crippen molar-refractivity contribution in [3.05, 3.63) is 62.1 Å². The lowest BCUT2D eigenvalue weighted by molar-refractivity contribution is -0.384. The van der Waals surface area contributed by atoms with Gasteiger partial charge in [-0.25, -0.2) is 0 Å². The van der Waals surface area contributed by atoms with Gasteiger partial charge in [-0.15, -0.1) is 0 Å². The van der Waals surface area contributed by atoms with E-state index in [0.29, 0.717) is 16.3 Å². The van der Waals surface area contributed by atoms with Crippen LogP contribution in [0.5, 0.6) is 11.5 Å². The molecule has 0 amide bonds. The van der Waals surface area contributed by atoms with E-state index in [1.54, 1.807) is 25.1 Å². The predicted molar refractivity (Wildman–Crippen MR) is 80.3 cm³/mol. The van der Waals surface area contributed by atoms with Crippen LogP contribution in [-0.2, 0) is 0 Å². The zero-order chi connectivity index (χ0) is 15.6. The average Bonchev–Trinajstić information content (AvgIpc) is 2.40. The molecule has 1 atom stereocenters. The molecular formula is C14H11Cl2NO4. The van der Waals surface area contributed by atoms with Crippen LogP contribution in [0.25, 0.3) is 0 Å². The summed E-state index contributed by atoms with van der Waals surface area (Å²) in [6.45, 7) is 1.61. The molecule has 2 aromatic rings. The maximum Gasteiger partial charge on any atom is 0.271 e. The summed E-state index contributed by atoms with van der Waals surface area (Å²) < 4.78 is 5.54. The van der Waals surface area contributed by atoms with Crippen LogP contribution in [0, 0.1) is 10.1 Å². The second-order valence-electron chi connectivity index (χ2n) is 4.33. The van der Waals surface area contributed by atoms with Gasteiger partial charge in [-0.2, -0.15) is 0 Å². The van der Waals surface area contributed by atoms with Gasteiger partial charge in [0.2, 0.25) is 0 Å². The van der Waals surface area contributed by atoms with E-state index >= 15 is 0 Å². The number of aliphatic hydroxyl groups is 1. The van der Waals surface area contributed by atoms with Gasteiger partial charge in [0.15, 0.2) is 0 Å². The van der Waals surface area contributed by atoms with Crippen LogP contribution >= 0.6 is 23.2 Å². The molecule has 0 aliphatic rings. The maximum atomic E-state index is 10.6. The molecule has 0 saturated heterocycles. The number of non-ortho nitro benzene ring substituents is 1. The molecule has 0 saturated carbocycles. The second kappa shape index (κ2) is 6.30. The average molecular weight is 328 g/mol. The Labute approximate surface area is 130 Å². The highest BCUT2D eigenvalue weighted by Gasteiger charge is 2.12. The van der Waals surface area contributed by atoms with Crippen LogP contribution in [0.15, 0.2) is 36.4 Å². The number of aliphatic hydroxyl groups excluding tert-OH is 1. The van der Waals surface area contributed by atoms with Crippen LogP contribution in [0.1, 0.15) is 18.6 Å². The third-order valence-corrected chi connectivity index (χ3v) is 3.40. The molecule has 2 rings (SSSR count). The first-order valence-electron chi connectivity index (χ1n) is 5.98. The van der Waals surface area contributed by atoms with E-state index in [2.05, 4.69) is 0 Å². The number of rotatable bonds is 4. The topological polar surface area (TPSA) is 72.6 Å². The summed E-state index contributed by atoms with van der Waals surface area (Å²) in [5, 5.41) is 20.6. The van der Waals surface area contributed by atoms with Crippen molar-refractivity contribution in [1.29, 1.82) is 0 Å². The fraction of sp³-hybridized carbons (Fsp3) is 0.143. The minimum Gasteiger partial charge on any atom is -0.456 e. The van der Waals surface area contributed by atoms with E-state index in [-0.39, 0.29) is 16.5 Å². The SMILES string of the molecule is CC(O)c1ccc(Oc2ccc([N+](=O)[O-])cc2Cl)cc1Cl. The molecule has 0 aliphatic carbocycles. The Kier molecular flexibility index (Phi) is 4.67. The minimum atomic E-state index is -0.686.